The summed E-state index contributed by atoms with van der Waals surface area (Å²) in [6.45, 7) is 6.53. The van der Waals surface area contributed by atoms with Gasteiger partial charge < -0.3 is 4.90 Å². The van der Waals surface area contributed by atoms with Crippen molar-refractivity contribution in [2.75, 3.05) is 18.0 Å². The average molecular weight is 270 g/mol. The minimum Gasteiger partial charge on any atom is -0.371 e. The van der Waals surface area contributed by atoms with Crippen LogP contribution in [0.25, 0.3) is 0 Å². The summed E-state index contributed by atoms with van der Waals surface area (Å²) >= 11 is 0. The molecule has 1 saturated heterocycles. The Morgan fingerprint density at radius 2 is 2.00 bits per heavy atom. The summed E-state index contributed by atoms with van der Waals surface area (Å²) in [5.41, 5.74) is 3.10. The molecule has 3 heterocycles. The molecule has 0 N–H and O–H groups in total. The summed E-state index contributed by atoms with van der Waals surface area (Å²) in [7, 11) is 0. The van der Waals surface area contributed by atoms with Crippen LogP contribution in [-0.4, -0.2) is 27.9 Å². The van der Waals surface area contributed by atoms with Gasteiger partial charge in [-0.25, -0.2) is 4.68 Å². The Hall–Kier alpha value is -2.17. The summed E-state index contributed by atoms with van der Waals surface area (Å²) in [6, 6.07) is 7.46. The molecular weight excluding hydrogens is 252 g/mol. The van der Waals surface area contributed by atoms with E-state index in [0.29, 0.717) is 12.5 Å². The fourth-order valence-corrected chi connectivity index (χ4v) is 2.55. The Bertz CT molecular complexity index is 674. The molecule has 3 rings (SSSR count). The lowest BCUT2D eigenvalue weighted by Crippen LogP contribution is -2.49. The van der Waals surface area contributed by atoms with Crippen LogP contribution in [-0.2, 0) is 6.54 Å². The van der Waals surface area contributed by atoms with Gasteiger partial charge in [-0.1, -0.05) is 0 Å². The van der Waals surface area contributed by atoms with E-state index >= 15 is 0 Å². The quantitative estimate of drug-likeness (QED) is 0.846. The normalized spacial score (nSPS) is 15.2. The average Bonchev–Trinajstić information content (AvgIpc) is 2.37. The van der Waals surface area contributed by atoms with Crippen molar-refractivity contribution in [2.24, 2.45) is 5.92 Å². The van der Waals surface area contributed by atoms with E-state index in [2.05, 4.69) is 21.0 Å². The molecule has 1 fully saturated rings. The van der Waals surface area contributed by atoms with Crippen LogP contribution < -0.4 is 10.5 Å². The number of anilines is 1. The van der Waals surface area contributed by atoms with Crippen molar-refractivity contribution < 1.29 is 0 Å². The van der Waals surface area contributed by atoms with Crippen LogP contribution in [0.3, 0.4) is 0 Å². The van der Waals surface area contributed by atoms with E-state index in [9.17, 15) is 4.79 Å². The molecule has 2 aromatic rings. The highest BCUT2D eigenvalue weighted by molar-refractivity contribution is 5.48. The lowest BCUT2D eigenvalue weighted by atomic mass is 9.99. The molecular formula is C15H18N4O. The zero-order valence-corrected chi connectivity index (χ0v) is 11.8. The largest absolute Gasteiger partial charge is 0.371 e. The van der Waals surface area contributed by atoms with E-state index < -0.39 is 0 Å². The van der Waals surface area contributed by atoms with Gasteiger partial charge in [0.1, 0.15) is 0 Å². The van der Waals surface area contributed by atoms with Gasteiger partial charge in [0, 0.05) is 42.7 Å². The second kappa shape index (κ2) is 5.07. The van der Waals surface area contributed by atoms with Crippen molar-refractivity contribution >= 4 is 5.69 Å². The van der Waals surface area contributed by atoms with Gasteiger partial charge in [-0.2, -0.15) is 5.10 Å². The van der Waals surface area contributed by atoms with Crippen molar-refractivity contribution in [3.05, 3.63) is 52.2 Å². The molecule has 5 nitrogen and oxygen atoms in total. The molecule has 1 aliphatic heterocycles. The van der Waals surface area contributed by atoms with Crippen LogP contribution >= 0.6 is 0 Å². The van der Waals surface area contributed by atoms with Crippen LogP contribution in [0.2, 0.25) is 0 Å². The number of aromatic nitrogens is 3. The fraction of sp³-hybridized carbons (Fsp3) is 0.400. The second-order valence-corrected chi connectivity index (χ2v) is 5.42. The maximum absolute atomic E-state index is 11.7. The first kappa shape index (κ1) is 12.8. The first-order valence-electron chi connectivity index (χ1n) is 6.84. The molecule has 0 unspecified atom stereocenters. The fourth-order valence-electron chi connectivity index (χ4n) is 2.55. The van der Waals surface area contributed by atoms with Crippen LogP contribution in [0.4, 0.5) is 5.69 Å². The number of hydrogen-bond donors (Lipinski definition) is 0. The molecule has 0 radical (unpaired) electrons. The monoisotopic (exact) mass is 270 g/mol. The molecule has 0 atom stereocenters. The smallest absolute Gasteiger partial charge is 0.266 e. The number of hydrogen-bond acceptors (Lipinski definition) is 4. The molecule has 0 bridgehead atoms. The zero-order chi connectivity index (χ0) is 14.1. The summed E-state index contributed by atoms with van der Waals surface area (Å²) < 4.78 is 1.58. The molecule has 0 spiro atoms. The summed E-state index contributed by atoms with van der Waals surface area (Å²) in [6.07, 6.45) is 1.84. The van der Waals surface area contributed by atoms with Crippen LogP contribution in [0.15, 0.2) is 35.3 Å². The van der Waals surface area contributed by atoms with Crippen LogP contribution in [0, 0.1) is 19.8 Å². The first-order chi connectivity index (χ1) is 9.61. The van der Waals surface area contributed by atoms with Gasteiger partial charge in [-0.3, -0.25) is 9.78 Å². The minimum absolute atomic E-state index is 0.0196. The highest BCUT2D eigenvalue weighted by atomic mass is 16.1. The SMILES string of the molecule is Cc1cc(N2CC(Cn3nc(C)ccc3=O)C2)ccn1. The molecule has 0 aliphatic carbocycles. The predicted molar refractivity (Wildman–Crippen MR) is 77.9 cm³/mol. The van der Waals surface area contributed by atoms with Gasteiger partial charge in [0.2, 0.25) is 0 Å². The molecule has 1 aliphatic rings. The standard InChI is InChI=1S/C15H18N4O/c1-11-3-4-15(20)19(17-11)10-13-8-18(9-13)14-5-6-16-12(2)7-14/h3-7,13H,8-10H2,1-2H3. The molecule has 0 saturated carbocycles. The van der Waals surface area contributed by atoms with Crippen molar-refractivity contribution in [1.29, 1.82) is 0 Å². The van der Waals surface area contributed by atoms with Gasteiger partial charge in [0.05, 0.1) is 12.2 Å². The van der Waals surface area contributed by atoms with E-state index in [1.54, 1.807) is 16.8 Å². The van der Waals surface area contributed by atoms with Gasteiger partial charge in [-0.05, 0) is 32.0 Å². The van der Waals surface area contributed by atoms with Gasteiger partial charge in [0.25, 0.3) is 5.56 Å². The predicted octanol–water partition coefficient (Wildman–Crippen LogP) is 1.39. The van der Waals surface area contributed by atoms with E-state index in [4.69, 9.17) is 0 Å². The topological polar surface area (TPSA) is 51.0 Å². The van der Waals surface area contributed by atoms with Crippen molar-refractivity contribution in [1.82, 2.24) is 14.8 Å². The Kier molecular flexibility index (Phi) is 3.26. The third-order valence-electron chi connectivity index (χ3n) is 3.63. The Labute approximate surface area is 117 Å². The number of nitrogens with zero attached hydrogens (tertiary/aromatic N) is 4. The molecule has 0 amide bonds. The molecule has 0 aromatic carbocycles. The maximum atomic E-state index is 11.7. The van der Waals surface area contributed by atoms with E-state index in [-0.39, 0.29) is 5.56 Å². The third kappa shape index (κ3) is 2.57. The molecule has 2 aromatic heterocycles. The summed E-state index contributed by atoms with van der Waals surface area (Å²) in [4.78, 5) is 18.2. The number of pyridine rings is 1. The van der Waals surface area contributed by atoms with Crippen molar-refractivity contribution in [3.8, 4) is 0 Å². The van der Waals surface area contributed by atoms with Gasteiger partial charge >= 0.3 is 0 Å². The number of aryl methyl sites for hydroxylation is 2. The summed E-state index contributed by atoms with van der Waals surface area (Å²) in [5, 5.41) is 4.28. The lowest BCUT2D eigenvalue weighted by molar-refractivity contribution is 0.333. The van der Waals surface area contributed by atoms with Crippen LogP contribution in [0.5, 0.6) is 0 Å². The van der Waals surface area contributed by atoms with Crippen molar-refractivity contribution in [2.45, 2.75) is 20.4 Å². The highest BCUT2D eigenvalue weighted by Crippen LogP contribution is 2.25. The maximum Gasteiger partial charge on any atom is 0.266 e. The van der Waals surface area contributed by atoms with Crippen molar-refractivity contribution in [3.63, 3.8) is 0 Å². The van der Waals surface area contributed by atoms with E-state index in [1.807, 2.05) is 26.1 Å². The van der Waals surface area contributed by atoms with E-state index in [0.717, 1.165) is 24.5 Å². The second-order valence-electron chi connectivity index (χ2n) is 5.42. The molecule has 20 heavy (non-hydrogen) atoms. The highest BCUT2D eigenvalue weighted by Gasteiger charge is 2.27. The van der Waals surface area contributed by atoms with E-state index in [1.165, 1.54) is 5.69 Å². The van der Waals surface area contributed by atoms with Crippen LogP contribution in [0.1, 0.15) is 11.4 Å². The zero-order valence-electron chi connectivity index (χ0n) is 11.8. The van der Waals surface area contributed by atoms with Gasteiger partial charge in [0.15, 0.2) is 0 Å². The molecule has 104 valence electrons. The van der Waals surface area contributed by atoms with Gasteiger partial charge in [-0.15, -0.1) is 0 Å². The molecule has 5 heteroatoms. The Balaban J connectivity index is 1.64. The Morgan fingerprint density at radius 3 is 2.75 bits per heavy atom. The summed E-state index contributed by atoms with van der Waals surface area (Å²) in [5.74, 6) is 0.482. The Morgan fingerprint density at radius 1 is 1.20 bits per heavy atom. The third-order valence-corrected chi connectivity index (χ3v) is 3.63. The lowest BCUT2D eigenvalue weighted by Gasteiger charge is -2.41. The first-order valence-corrected chi connectivity index (χ1v) is 6.84. The minimum atomic E-state index is -0.0196. The number of rotatable bonds is 3.